The summed E-state index contributed by atoms with van der Waals surface area (Å²) in [6.07, 6.45) is 1.90. The van der Waals surface area contributed by atoms with Crippen molar-refractivity contribution in [2.75, 3.05) is 5.32 Å². The van der Waals surface area contributed by atoms with Crippen molar-refractivity contribution < 1.29 is 4.79 Å². The fourth-order valence-corrected chi connectivity index (χ4v) is 2.95. The summed E-state index contributed by atoms with van der Waals surface area (Å²) in [6.45, 7) is 4.82. The third kappa shape index (κ3) is 2.20. The molecule has 3 rings (SSSR count). The number of nitrogens with zero attached hydrogens (tertiary/aromatic N) is 2. The summed E-state index contributed by atoms with van der Waals surface area (Å²) in [4.78, 5) is 16.7. The fourth-order valence-electron chi connectivity index (χ4n) is 2.27. The first kappa shape index (κ1) is 12.9. The first-order valence-electron chi connectivity index (χ1n) is 6.50. The molecule has 0 aliphatic heterocycles. The molecule has 1 aromatic carbocycles. The van der Waals surface area contributed by atoms with Crippen LogP contribution in [0.2, 0.25) is 0 Å². The molecule has 102 valence electrons. The number of benzene rings is 1. The lowest BCUT2D eigenvalue weighted by atomic mass is 10.1. The van der Waals surface area contributed by atoms with Crippen LogP contribution in [0.1, 0.15) is 23.0 Å². The summed E-state index contributed by atoms with van der Waals surface area (Å²) >= 11 is 1.44. The number of fused-ring (bicyclic) bond motifs is 1. The van der Waals surface area contributed by atoms with Gasteiger partial charge in [0.25, 0.3) is 5.91 Å². The second-order valence-corrected chi connectivity index (χ2v) is 5.45. The Morgan fingerprint density at radius 3 is 2.90 bits per heavy atom. The van der Waals surface area contributed by atoms with Gasteiger partial charge in [-0.2, -0.15) is 0 Å². The van der Waals surface area contributed by atoms with Crippen LogP contribution < -0.4 is 5.32 Å². The van der Waals surface area contributed by atoms with Crippen LogP contribution in [-0.2, 0) is 6.54 Å². The third-order valence-electron chi connectivity index (χ3n) is 3.21. The van der Waals surface area contributed by atoms with E-state index in [4.69, 9.17) is 0 Å². The van der Waals surface area contributed by atoms with Crippen molar-refractivity contribution in [2.24, 2.45) is 0 Å². The largest absolute Gasteiger partial charge is 0.347 e. The molecule has 1 amide bonds. The predicted octanol–water partition coefficient (Wildman–Crippen LogP) is 3.68. The molecule has 0 saturated carbocycles. The molecule has 5 heteroatoms. The second kappa shape index (κ2) is 5.09. The number of carbonyl (C=O) groups excluding carboxylic acids is 1. The van der Waals surface area contributed by atoms with Gasteiger partial charge in [-0.3, -0.25) is 10.1 Å². The summed E-state index contributed by atoms with van der Waals surface area (Å²) in [5, 5.41) is 6.40. The van der Waals surface area contributed by atoms with Gasteiger partial charge in [-0.15, -0.1) is 11.3 Å². The Morgan fingerprint density at radius 2 is 2.20 bits per heavy atom. The minimum absolute atomic E-state index is 0.109. The topological polar surface area (TPSA) is 46.9 Å². The maximum absolute atomic E-state index is 12.4. The number of para-hydroxylation sites is 1. The highest BCUT2D eigenvalue weighted by Gasteiger charge is 2.15. The summed E-state index contributed by atoms with van der Waals surface area (Å²) in [5.41, 5.74) is 2.69. The minimum Gasteiger partial charge on any atom is -0.347 e. The van der Waals surface area contributed by atoms with Crippen LogP contribution in [0.25, 0.3) is 10.9 Å². The van der Waals surface area contributed by atoms with E-state index < -0.39 is 0 Å². The molecule has 0 bridgehead atoms. The van der Waals surface area contributed by atoms with Gasteiger partial charge in [-0.25, -0.2) is 4.98 Å². The second-order valence-electron chi connectivity index (χ2n) is 4.59. The molecule has 1 N–H and O–H groups in total. The average molecular weight is 285 g/mol. The Bertz CT molecular complexity index is 772. The van der Waals surface area contributed by atoms with E-state index in [9.17, 15) is 4.79 Å². The van der Waals surface area contributed by atoms with Crippen LogP contribution >= 0.6 is 11.3 Å². The number of aryl methyl sites for hydroxylation is 2. The summed E-state index contributed by atoms with van der Waals surface area (Å²) in [7, 11) is 0. The van der Waals surface area contributed by atoms with E-state index in [1.165, 1.54) is 11.3 Å². The van der Waals surface area contributed by atoms with E-state index in [1.54, 1.807) is 0 Å². The van der Waals surface area contributed by atoms with E-state index in [0.717, 1.165) is 23.1 Å². The summed E-state index contributed by atoms with van der Waals surface area (Å²) in [6, 6.07) is 7.94. The van der Waals surface area contributed by atoms with Crippen molar-refractivity contribution in [3.8, 4) is 0 Å². The summed E-state index contributed by atoms with van der Waals surface area (Å²) in [5.74, 6) is -0.109. The SMILES string of the molecule is CCn1cc(C(=O)Nc2nc(C)cs2)c2ccccc21. The molecule has 3 aromatic rings. The van der Waals surface area contributed by atoms with Gasteiger partial charge in [-0.1, -0.05) is 18.2 Å². The van der Waals surface area contributed by atoms with E-state index in [2.05, 4.69) is 21.8 Å². The fraction of sp³-hybridized carbons (Fsp3) is 0.200. The molecule has 0 fully saturated rings. The van der Waals surface area contributed by atoms with Gasteiger partial charge >= 0.3 is 0 Å². The number of hydrogen-bond donors (Lipinski definition) is 1. The molecular formula is C15H15N3OS. The lowest BCUT2D eigenvalue weighted by Gasteiger charge is -1.99. The Morgan fingerprint density at radius 1 is 1.40 bits per heavy atom. The van der Waals surface area contributed by atoms with Crippen molar-refractivity contribution >= 4 is 33.3 Å². The smallest absolute Gasteiger partial charge is 0.259 e. The maximum Gasteiger partial charge on any atom is 0.259 e. The van der Waals surface area contributed by atoms with Crippen molar-refractivity contribution in [3.05, 3.63) is 47.1 Å². The van der Waals surface area contributed by atoms with E-state index in [0.29, 0.717) is 10.7 Å². The number of thiazole rings is 1. The molecule has 0 unspecified atom stereocenters. The lowest BCUT2D eigenvalue weighted by molar-refractivity contribution is 0.102. The highest BCUT2D eigenvalue weighted by Crippen LogP contribution is 2.23. The first-order valence-corrected chi connectivity index (χ1v) is 7.38. The number of anilines is 1. The molecule has 2 aromatic heterocycles. The summed E-state index contributed by atoms with van der Waals surface area (Å²) < 4.78 is 2.08. The van der Waals surface area contributed by atoms with Gasteiger partial charge < -0.3 is 4.57 Å². The number of carbonyl (C=O) groups is 1. The molecular weight excluding hydrogens is 270 g/mol. The van der Waals surface area contributed by atoms with E-state index >= 15 is 0 Å². The zero-order valence-electron chi connectivity index (χ0n) is 11.4. The van der Waals surface area contributed by atoms with E-state index in [-0.39, 0.29) is 5.91 Å². The lowest BCUT2D eigenvalue weighted by Crippen LogP contribution is -2.11. The van der Waals surface area contributed by atoms with E-state index in [1.807, 2.05) is 42.8 Å². The normalized spacial score (nSPS) is 10.9. The van der Waals surface area contributed by atoms with Gasteiger partial charge in [0, 0.05) is 29.0 Å². The van der Waals surface area contributed by atoms with Crippen molar-refractivity contribution in [3.63, 3.8) is 0 Å². The first-order chi connectivity index (χ1) is 9.69. The van der Waals surface area contributed by atoms with Crippen LogP contribution in [0.3, 0.4) is 0 Å². The quantitative estimate of drug-likeness (QED) is 0.798. The molecule has 0 radical (unpaired) electrons. The number of rotatable bonds is 3. The predicted molar refractivity (Wildman–Crippen MR) is 82.4 cm³/mol. The molecule has 0 spiro atoms. The van der Waals surface area contributed by atoms with Gasteiger partial charge in [0.2, 0.25) is 0 Å². The van der Waals surface area contributed by atoms with Crippen LogP contribution in [0.5, 0.6) is 0 Å². The maximum atomic E-state index is 12.4. The molecule has 0 saturated heterocycles. The van der Waals surface area contributed by atoms with Crippen molar-refractivity contribution in [1.29, 1.82) is 0 Å². The molecule has 20 heavy (non-hydrogen) atoms. The molecule has 0 atom stereocenters. The van der Waals surface area contributed by atoms with Crippen LogP contribution in [-0.4, -0.2) is 15.5 Å². The Balaban J connectivity index is 1.99. The van der Waals surface area contributed by atoms with Crippen molar-refractivity contribution in [2.45, 2.75) is 20.4 Å². The zero-order chi connectivity index (χ0) is 14.1. The van der Waals surface area contributed by atoms with Gasteiger partial charge in [0.15, 0.2) is 5.13 Å². The monoisotopic (exact) mass is 285 g/mol. The molecule has 2 heterocycles. The third-order valence-corrected chi connectivity index (χ3v) is 4.09. The van der Waals surface area contributed by atoms with Crippen LogP contribution in [0.4, 0.5) is 5.13 Å². The zero-order valence-corrected chi connectivity index (χ0v) is 12.2. The number of hydrogen-bond acceptors (Lipinski definition) is 3. The van der Waals surface area contributed by atoms with Crippen LogP contribution in [0, 0.1) is 6.92 Å². The Kier molecular flexibility index (Phi) is 3.28. The Hall–Kier alpha value is -2.14. The van der Waals surface area contributed by atoms with Gasteiger partial charge in [-0.05, 0) is 19.9 Å². The molecule has 4 nitrogen and oxygen atoms in total. The molecule has 0 aliphatic rings. The highest BCUT2D eigenvalue weighted by molar-refractivity contribution is 7.13. The van der Waals surface area contributed by atoms with Crippen LogP contribution in [0.15, 0.2) is 35.8 Å². The van der Waals surface area contributed by atoms with Gasteiger partial charge in [0.1, 0.15) is 0 Å². The minimum atomic E-state index is -0.109. The number of aromatic nitrogens is 2. The highest BCUT2D eigenvalue weighted by atomic mass is 32.1. The number of amides is 1. The number of nitrogens with one attached hydrogen (secondary N) is 1. The Labute approximate surface area is 121 Å². The standard InChI is InChI=1S/C15H15N3OS/c1-3-18-8-12(11-6-4-5-7-13(11)18)14(19)17-15-16-10(2)9-20-15/h4-9H,3H2,1-2H3,(H,16,17,19). The molecule has 0 aliphatic carbocycles. The van der Waals surface area contributed by atoms with Gasteiger partial charge in [0.05, 0.1) is 11.3 Å². The average Bonchev–Trinajstić information content (AvgIpc) is 3.02. The van der Waals surface area contributed by atoms with Crippen molar-refractivity contribution in [1.82, 2.24) is 9.55 Å².